The van der Waals surface area contributed by atoms with Crippen molar-refractivity contribution in [2.75, 3.05) is 0 Å². The molecule has 2 fully saturated rings. The van der Waals surface area contributed by atoms with Gasteiger partial charge in [0.2, 0.25) is 0 Å². The van der Waals surface area contributed by atoms with Gasteiger partial charge >= 0.3 is 0 Å². The molecule has 2 aliphatic carbocycles. The molecule has 70 valence electrons. The zero-order chi connectivity index (χ0) is 8.55. The second kappa shape index (κ2) is 3.37. The maximum Gasteiger partial charge on any atom is 0.0599 e. The van der Waals surface area contributed by atoms with Gasteiger partial charge in [0.1, 0.15) is 0 Å². The number of hydrogen-bond acceptors (Lipinski definition) is 1. The predicted octanol–water partition coefficient (Wildman–Crippen LogP) is 2.58. The molecule has 0 aromatic carbocycles. The standard InChI is InChI=1S/C11H20O/c1-8-7-10(8)11(12)9-5-3-2-4-6-9/h8-12H,2-7H2,1H3. The fourth-order valence-electron chi connectivity index (χ4n) is 2.65. The lowest BCUT2D eigenvalue weighted by Crippen LogP contribution is -2.25. The van der Waals surface area contributed by atoms with Crippen molar-refractivity contribution in [3.8, 4) is 0 Å². The largest absolute Gasteiger partial charge is 0.393 e. The summed E-state index contributed by atoms with van der Waals surface area (Å²) < 4.78 is 0. The molecule has 2 aliphatic rings. The Balaban J connectivity index is 1.82. The van der Waals surface area contributed by atoms with Gasteiger partial charge in [0.05, 0.1) is 6.10 Å². The fourth-order valence-corrected chi connectivity index (χ4v) is 2.65. The number of hydrogen-bond donors (Lipinski definition) is 1. The van der Waals surface area contributed by atoms with E-state index in [1.54, 1.807) is 0 Å². The lowest BCUT2D eigenvalue weighted by molar-refractivity contribution is 0.0621. The van der Waals surface area contributed by atoms with Crippen LogP contribution in [-0.2, 0) is 0 Å². The lowest BCUT2D eigenvalue weighted by atomic mass is 9.83. The van der Waals surface area contributed by atoms with Crippen LogP contribution < -0.4 is 0 Å². The topological polar surface area (TPSA) is 20.2 Å². The molecule has 0 aromatic heterocycles. The van der Waals surface area contributed by atoms with Crippen molar-refractivity contribution in [2.45, 2.75) is 51.6 Å². The van der Waals surface area contributed by atoms with Gasteiger partial charge in [0, 0.05) is 0 Å². The van der Waals surface area contributed by atoms with Crippen molar-refractivity contribution < 1.29 is 5.11 Å². The molecule has 0 spiro atoms. The van der Waals surface area contributed by atoms with E-state index in [0.29, 0.717) is 11.8 Å². The Morgan fingerprint density at radius 3 is 2.25 bits per heavy atom. The molecule has 12 heavy (non-hydrogen) atoms. The third-order valence-electron chi connectivity index (χ3n) is 3.74. The maximum absolute atomic E-state index is 9.98. The van der Waals surface area contributed by atoms with Crippen molar-refractivity contribution in [2.24, 2.45) is 17.8 Å². The molecular formula is C11H20O. The average Bonchev–Trinajstić information content (AvgIpc) is 2.83. The van der Waals surface area contributed by atoms with Gasteiger partial charge < -0.3 is 5.11 Å². The molecule has 0 aromatic rings. The van der Waals surface area contributed by atoms with Crippen molar-refractivity contribution in [1.29, 1.82) is 0 Å². The van der Waals surface area contributed by atoms with E-state index in [2.05, 4.69) is 6.92 Å². The van der Waals surface area contributed by atoms with Crippen LogP contribution in [0.4, 0.5) is 0 Å². The van der Waals surface area contributed by atoms with Crippen LogP contribution in [0.5, 0.6) is 0 Å². The van der Waals surface area contributed by atoms with Gasteiger partial charge in [-0.25, -0.2) is 0 Å². The predicted molar refractivity (Wildman–Crippen MR) is 49.9 cm³/mol. The maximum atomic E-state index is 9.98. The summed E-state index contributed by atoms with van der Waals surface area (Å²) in [6, 6.07) is 0. The first kappa shape index (κ1) is 8.55. The van der Waals surface area contributed by atoms with Crippen LogP contribution in [0, 0.1) is 17.8 Å². The van der Waals surface area contributed by atoms with E-state index in [0.717, 1.165) is 5.92 Å². The Kier molecular flexibility index (Phi) is 2.40. The van der Waals surface area contributed by atoms with Crippen LogP contribution in [0.2, 0.25) is 0 Å². The Hall–Kier alpha value is -0.0400. The Morgan fingerprint density at radius 1 is 1.17 bits per heavy atom. The Labute approximate surface area is 75.2 Å². The molecule has 0 bridgehead atoms. The zero-order valence-electron chi connectivity index (χ0n) is 8.00. The summed E-state index contributed by atoms with van der Waals surface area (Å²) in [5.41, 5.74) is 0. The van der Waals surface area contributed by atoms with Crippen molar-refractivity contribution in [3.63, 3.8) is 0 Å². The number of aliphatic hydroxyl groups excluding tert-OH is 1. The van der Waals surface area contributed by atoms with E-state index in [-0.39, 0.29) is 6.10 Å². The van der Waals surface area contributed by atoms with E-state index >= 15 is 0 Å². The lowest BCUT2D eigenvalue weighted by Gasteiger charge is -2.26. The Bertz CT molecular complexity index is 149. The molecule has 3 unspecified atom stereocenters. The molecule has 1 N–H and O–H groups in total. The van der Waals surface area contributed by atoms with E-state index in [4.69, 9.17) is 0 Å². The summed E-state index contributed by atoms with van der Waals surface area (Å²) in [7, 11) is 0. The summed E-state index contributed by atoms with van der Waals surface area (Å²) >= 11 is 0. The van der Waals surface area contributed by atoms with Crippen LogP contribution in [-0.4, -0.2) is 11.2 Å². The van der Waals surface area contributed by atoms with Gasteiger partial charge in [-0.1, -0.05) is 26.2 Å². The Morgan fingerprint density at radius 2 is 1.75 bits per heavy atom. The first-order valence-electron chi connectivity index (χ1n) is 5.47. The minimum atomic E-state index is 0.0419. The normalized spacial score (nSPS) is 39.5. The van der Waals surface area contributed by atoms with Gasteiger partial charge in [0.15, 0.2) is 0 Å². The summed E-state index contributed by atoms with van der Waals surface area (Å²) in [5, 5.41) is 9.98. The highest BCUT2D eigenvalue weighted by molar-refractivity contribution is 4.91. The number of rotatable bonds is 2. The van der Waals surface area contributed by atoms with Crippen LogP contribution in [0.15, 0.2) is 0 Å². The highest BCUT2D eigenvalue weighted by Crippen LogP contribution is 2.45. The SMILES string of the molecule is CC1CC1C(O)C1CCCCC1. The van der Waals surface area contributed by atoms with Gasteiger partial charge in [-0.3, -0.25) is 0 Å². The van der Waals surface area contributed by atoms with Crippen molar-refractivity contribution in [3.05, 3.63) is 0 Å². The summed E-state index contributed by atoms with van der Waals surface area (Å²) in [4.78, 5) is 0. The summed E-state index contributed by atoms with van der Waals surface area (Å²) in [6.45, 7) is 2.26. The van der Waals surface area contributed by atoms with Crippen LogP contribution in [0.25, 0.3) is 0 Å². The second-order valence-corrected chi connectivity index (χ2v) is 4.77. The van der Waals surface area contributed by atoms with E-state index in [1.807, 2.05) is 0 Å². The highest BCUT2D eigenvalue weighted by Gasteiger charge is 2.41. The highest BCUT2D eigenvalue weighted by atomic mass is 16.3. The first-order valence-corrected chi connectivity index (χ1v) is 5.47. The molecule has 0 amide bonds. The van der Waals surface area contributed by atoms with Gasteiger partial charge in [0.25, 0.3) is 0 Å². The monoisotopic (exact) mass is 168 g/mol. The van der Waals surface area contributed by atoms with Crippen LogP contribution in [0.1, 0.15) is 45.4 Å². The van der Waals surface area contributed by atoms with Gasteiger partial charge in [-0.15, -0.1) is 0 Å². The van der Waals surface area contributed by atoms with E-state index in [9.17, 15) is 5.11 Å². The minimum absolute atomic E-state index is 0.0419. The second-order valence-electron chi connectivity index (χ2n) is 4.77. The number of aliphatic hydroxyl groups is 1. The van der Waals surface area contributed by atoms with Gasteiger partial charge in [-0.2, -0.15) is 0 Å². The quantitative estimate of drug-likeness (QED) is 0.672. The third-order valence-corrected chi connectivity index (χ3v) is 3.74. The molecule has 2 rings (SSSR count). The molecule has 0 heterocycles. The average molecular weight is 168 g/mol. The van der Waals surface area contributed by atoms with E-state index < -0.39 is 0 Å². The molecule has 2 saturated carbocycles. The van der Waals surface area contributed by atoms with Crippen molar-refractivity contribution in [1.82, 2.24) is 0 Å². The zero-order valence-corrected chi connectivity index (χ0v) is 8.00. The summed E-state index contributed by atoms with van der Waals surface area (Å²) in [6.07, 6.45) is 7.97. The molecule has 0 saturated heterocycles. The molecular weight excluding hydrogens is 148 g/mol. The van der Waals surface area contributed by atoms with Crippen LogP contribution >= 0.6 is 0 Å². The van der Waals surface area contributed by atoms with Crippen LogP contribution in [0.3, 0.4) is 0 Å². The minimum Gasteiger partial charge on any atom is -0.393 e. The molecule has 3 atom stereocenters. The first-order chi connectivity index (χ1) is 5.79. The van der Waals surface area contributed by atoms with Gasteiger partial charge in [-0.05, 0) is 37.0 Å². The summed E-state index contributed by atoms with van der Waals surface area (Å²) in [5.74, 6) is 2.11. The van der Waals surface area contributed by atoms with Crippen molar-refractivity contribution >= 4 is 0 Å². The fraction of sp³-hybridized carbons (Fsp3) is 1.00. The van der Waals surface area contributed by atoms with E-state index in [1.165, 1.54) is 38.5 Å². The third kappa shape index (κ3) is 1.66. The smallest absolute Gasteiger partial charge is 0.0599 e. The molecule has 0 radical (unpaired) electrons. The molecule has 1 nitrogen and oxygen atoms in total. The molecule has 1 heteroatoms. The molecule has 0 aliphatic heterocycles.